The summed E-state index contributed by atoms with van der Waals surface area (Å²) in [6.45, 7) is 4.16. The normalized spacial score (nSPS) is 11.3. The Morgan fingerprint density at radius 1 is 1.17 bits per heavy atom. The first-order valence-corrected chi connectivity index (χ1v) is 8.98. The highest BCUT2D eigenvalue weighted by Crippen LogP contribution is 2.22. The molecule has 5 nitrogen and oxygen atoms in total. The molecule has 6 heteroatoms. The van der Waals surface area contributed by atoms with Crippen molar-refractivity contribution in [1.29, 1.82) is 0 Å². The van der Waals surface area contributed by atoms with Crippen LogP contribution in [0.5, 0.6) is 0 Å². The second-order valence-corrected chi connectivity index (χ2v) is 6.36. The van der Waals surface area contributed by atoms with E-state index < -0.39 is 0 Å². The molecule has 0 amide bonds. The molecule has 0 bridgehead atoms. The molecule has 1 aromatic carbocycles. The predicted molar refractivity (Wildman–Crippen MR) is 95.0 cm³/mol. The second kappa shape index (κ2) is 6.58. The van der Waals surface area contributed by atoms with Crippen LogP contribution in [0, 0.1) is 6.92 Å². The number of anilines is 1. The van der Waals surface area contributed by atoms with Crippen LogP contribution in [0.4, 0.5) is 5.69 Å². The third-order valence-corrected chi connectivity index (χ3v) is 4.38. The Morgan fingerprint density at radius 2 is 1.91 bits per heavy atom. The number of aryl methyl sites for hydroxylation is 2. The number of nitrogens with two attached hydrogens (primary N) is 1. The van der Waals surface area contributed by atoms with Gasteiger partial charge in [-0.15, -0.1) is 5.10 Å². The summed E-state index contributed by atoms with van der Waals surface area (Å²) in [5.74, 6) is 0.886. The quantitative estimate of drug-likeness (QED) is 0.575. The molecule has 0 radical (unpaired) electrons. The van der Waals surface area contributed by atoms with Crippen LogP contribution < -0.4 is 5.73 Å². The lowest BCUT2D eigenvalue weighted by atomic mass is 10.0. The topological polar surface area (TPSA) is 69.1 Å². The van der Waals surface area contributed by atoms with E-state index in [4.69, 9.17) is 15.7 Å². The first-order valence-electron chi connectivity index (χ1n) is 7.76. The van der Waals surface area contributed by atoms with Crippen LogP contribution in [0.2, 0.25) is 0 Å². The standard InChI is InChI=1S/C17H21N5S/c1-4-5-15-14(10-12-6-8-13(18)9-7-12)16-20-17(23-3)21-22(16)11(2)19-15/h6-9H,4-5,10,18H2,1-3H3. The minimum absolute atomic E-state index is 0.779. The lowest BCUT2D eigenvalue weighted by Crippen LogP contribution is -2.08. The van der Waals surface area contributed by atoms with E-state index in [1.807, 2.05) is 29.8 Å². The van der Waals surface area contributed by atoms with E-state index in [1.165, 1.54) is 5.56 Å². The van der Waals surface area contributed by atoms with Gasteiger partial charge in [0.1, 0.15) is 5.82 Å². The largest absolute Gasteiger partial charge is 0.399 e. The average molecular weight is 327 g/mol. The van der Waals surface area contributed by atoms with Crippen LogP contribution in [0.3, 0.4) is 0 Å². The van der Waals surface area contributed by atoms with Gasteiger partial charge in [0, 0.05) is 23.4 Å². The number of hydrogen-bond donors (Lipinski definition) is 1. The Kier molecular flexibility index (Phi) is 4.52. The van der Waals surface area contributed by atoms with E-state index >= 15 is 0 Å². The number of hydrogen-bond acceptors (Lipinski definition) is 5. The molecule has 23 heavy (non-hydrogen) atoms. The second-order valence-electron chi connectivity index (χ2n) is 5.59. The van der Waals surface area contributed by atoms with Crippen molar-refractivity contribution >= 4 is 23.1 Å². The van der Waals surface area contributed by atoms with Crippen molar-refractivity contribution < 1.29 is 0 Å². The molecule has 0 atom stereocenters. The van der Waals surface area contributed by atoms with Gasteiger partial charge in [0.25, 0.3) is 0 Å². The fraction of sp³-hybridized carbons (Fsp3) is 0.353. The summed E-state index contributed by atoms with van der Waals surface area (Å²) in [5, 5.41) is 5.31. The van der Waals surface area contributed by atoms with Crippen LogP contribution in [-0.4, -0.2) is 25.8 Å². The van der Waals surface area contributed by atoms with Crippen molar-refractivity contribution in [2.75, 3.05) is 12.0 Å². The van der Waals surface area contributed by atoms with Gasteiger partial charge in [-0.1, -0.05) is 37.2 Å². The molecule has 2 aromatic heterocycles. The van der Waals surface area contributed by atoms with E-state index in [0.29, 0.717) is 0 Å². The van der Waals surface area contributed by atoms with Crippen molar-refractivity contribution in [3.05, 3.63) is 46.9 Å². The fourth-order valence-electron chi connectivity index (χ4n) is 2.70. The molecule has 0 unspecified atom stereocenters. The molecular weight excluding hydrogens is 306 g/mol. The van der Waals surface area contributed by atoms with Gasteiger partial charge in [0.05, 0.1) is 0 Å². The Labute approximate surface area is 140 Å². The Bertz CT molecular complexity index is 823. The third-order valence-electron chi connectivity index (χ3n) is 3.84. The predicted octanol–water partition coefficient (Wildman–Crippen LogP) is 3.28. The van der Waals surface area contributed by atoms with E-state index in [0.717, 1.165) is 52.8 Å². The first kappa shape index (κ1) is 15.8. The van der Waals surface area contributed by atoms with Crippen molar-refractivity contribution in [3.63, 3.8) is 0 Å². The summed E-state index contributed by atoms with van der Waals surface area (Å²) in [7, 11) is 0. The van der Waals surface area contributed by atoms with Gasteiger partial charge in [0.15, 0.2) is 5.65 Å². The molecule has 0 saturated heterocycles. The summed E-state index contributed by atoms with van der Waals surface area (Å²) < 4.78 is 1.86. The molecule has 0 aliphatic rings. The maximum Gasteiger partial charge on any atom is 0.209 e. The highest BCUT2D eigenvalue weighted by molar-refractivity contribution is 7.98. The minimum atomic E-state index is 0.779. The maximum absolute atomic E-state index is 5.79. The molecule has 120 valence electrons. The van der Waals surface area contributed by atoms with Crippen molar-refractivity contribution in [2.45, 2.75) is 38.3 Å². The summed E-state index contributed by atoms with van der Waals surface area (Å²) in [5.41, 5.74) is 11.0. The zero-order valence-electron chi connectivity index (χ0n) is 13.7. The number of fused-ring (bicyclic) bond motifs is 1. The van der Waals surface area contributed by atoms with E-state index in [2.05, 4.69) is 24.2 Å². The molecule has 0 aliphatic heterocycles. The van der Waals surface area contributed by atoms with Crippen molar-refractivity contribution in [1.82, 2.24) is 19.6 Å². The van der Waals surface area contributed by atoms with E-state index in [-0.39, 0.29) is 0 Å². The summed E-state index contributed by atoms with van der Waals surface area (Å²) >= 11 is 1.55. The highest BCUT2D eigenvalue weighted by atomic mass is 32.2. The molecule has 2 heterocycles. The van der Waals surface area contributed by atoms with Crippen LogP contribution in [-0.2, 0) is 12.8 Å². The van der Waals surface area contributed by atoms with Crippen LogP contribution in [0.1, 0.15) is 36.0 Å². The summed E-state index contributed by atoms with van der Waals surface area (Å²) in [6, 6.07) is 8.00. The Balaban J connectivity index is 2.14. The third kappa shape index (κ3) is 3.17. The van der Waals surface area contributed by atoms with Crippen LogP contribution in [0.15, 0.2) is 29.4 Å². The van der Waals surface area contributed by atoms with Gasteiger partial charge in [0.2, 0.25) is 5.16 Å². The number of rotatable bonds is 5. The minimum Gasteiger partial charge on any atom is -0.399 e. The molecule has 2 N–H and O–H groups in total. The van der Waals surface area contributed by atoms with Crippen molar-refractivity contribution in [2.24, 2.45) is 0 Å². The average Bonchev–Trinajstić information content (AvgIpc) is 2.98. The maximum atomic E-state index is 5.79. The van der Waals surface area contributed by atoms with Gasteiger partial charge < -0.3 is 5.73 Å². The molecule has 0 aliphatic carbocycles. The smallest absolute Gasteiger partial charge is 0.209 e. The zero-order chi connectivity index (χ0) is 16.4. The molecule has 0 spiro atoms. The van der Waals surface area contributed by atoms with Crippen LogP contribution in [0.25, 0.3) is 5.65 Å². The van der Waals surface area contributed by atoms with E-state index in [9.17, 15) is 0 Å². The highest BCUT2D eigenvalue weighted by Gasteiger charge is 2.16. The van der Waals surface area contributed by atoms with Gasteiger partial charge in [-0.3, -0.25) is 0 Å². The molecule has 0 fully saturated rings. The summed E-state index contributed by atoms with van der Waals surface area (Å²) in [4.78, 5) is 9.48. The molecule has 3 aromatic rings. The number of thioether (sulfide) groups is 1. The number of benzene rings is 1. The van der Waals surface area contributed by atoms with E-state index in [1.54, 1.807) is 11.8 Å². The summed E-state index contributed by atoms with van der Waals surface area (Å²) in [6.07, 6.45) is 4.78. The Morgan fingerprint density at radius 3 is 2.57 bits per heavy atom. The lowest BCUT2D eigenvalue weighted by Gasteiger charge is -2.11. The number of nitrogen functional groups attached to an aromatic ring is 1. The monoisotopic (exact) mass is 327 g/mol. The van der Waals surface area contributed by atoms with Gasteiger partial charge in [-0.2, -0.15) is 4.52 Å². The first-order chi connectivity index (χ1) is 11.1. The number of aromatic nitrogens is 4. The molecule has 0 saturated carbocycles. The van der Waals surface area contributed by atoms with Gasteiger partial charge >= 0.3 is 0 Å². The SMILES string of the molecule is CCCc1nc(C)n2nc(SC)nc2c1Cc1ccc(N)cc1. The molecular formula is C17H21N5S. The number of nitrogens with zero attached hydrogens (tertiary/aromatic N) is 4. The van der Waals surface area contributed by atoms with Crippen LogP contribution >= 0.6 is 11.8 Å². The zero-order valence-corrected chi connectivity index (χ0v) is 14.5. The van der Waals surface area contributed by atoms with Gasteiger partial charge in [-0.05, 0) is 37.3 Å². The Hall–Kier alpha value is -2.08. The lowest BCUT2D eigenvalue weighted by molar-refractivity contribution is 0.778. The van der Waals surface area contributed by atoms with Crippen molar-refractivity contribution in [3.8, 4) is 0 Å². The van der Waals surface area contributed by atoms with Gasteiger partial charge in [-0.25, -0.2) is 9.97 Å². The fourth-order valence-corrected chi connectivity index (χ4v) is 3.05. The molecule has 3 rings (SSSR count).